The number of nitrogens with zero attached hydrogens (tertiary/aromatic N) is 1. The normalized spacial score (nSPS) is 27.1. The van der Waals surface area contributed by atoms with Gasteiger partial charge in [-0.05, 0) is 48.9 Å². The highest BCUT2D eigenvalue weighted by Crippen LogP contribution is 2.31. The summed E-state index contributed by atoms with van der Waals surface area (Å²) in [7, 11) is 0. The molecule has 56 heavy (non-hydrogen) atoms. The number of amides is 2. The number of aliphatic hydroxyl groups is 4. The van der Waals surface area contributed by atoms with Crippen molar-refractivity contribution in [3.05, 3.63) is 65.5 Å². The van der Waals surface area contributed by atoms with Gasteiger partial charge in [-0.3, -0.25) is 9.59 Å². The van der Waals surface area contributed by atoms with Crippen LogP contribution in [0.15, 0.2) is 53.5 Å². The maximum Gasteiger partial charge on any atom is 0.416 e. The van der Waals surface area contributed by atoms with E-state index in [9.17, 15) is 47.6 Å². The molecule has 2 aliphatic heterocycles. The Hall–Kier alpha value is -3.91. The molecule has 2 aromatic rings. The molecule has 312 valence electrons. The van der Waals surface area contributed by atoms with Crippen molar-refractivity contribution in [2.24, 2.45) is 10.7 Å². The van der Waals surface area contributed by atoms with E-state index in [2.05, 4.69) is 27.9 Å². The van der Waals surface area contributed by atoms with Gasteiger partial charge in [0.15, 0.2) is 12.2 Å². The minimum absolute atomic E-state index is 0.131. The molecule has 9 N–H and O–H groups in total. The summed E-state index contributed by atoms with van der Waals surface area (Å²) in [5.74, 6) is -2.16. The lowest BCUT2D eigenvalue weighted by Crippen LogP contribution is -2.68. The molecule has 2 aliphatic rings. The van der Waals surface area contributed by atoms with Crippen LogP contribution in [0.3, 0.4) is 0 Å². The number of nitrogens with two attached hydrogens (primary N) is 1. The summed E-state index contributed by atoms with van der Waals surface area (Å²) < 4.78 is 72.0. The maximum atomic E-state index is 13.5. The first kappa shape index (κ1) is 44.8. The number of carbonyl (C=O) groups is 2. The number of hydrogen-bond donors (Lipinski definition) is 8. The zero-order valence-corrected chi connectivity index (χ0v) is 31.2. The zero-order chi connectivity index (χ0) is 40.8. The number of aliphatic hydroxyl groups excluding tert-OH is 4. The lowest BCUT2D eigenvalue weighted by molar-refractivity contribution is -0.292. The van der Waals surface area contributed by atoms with Gasteiger partial charge in [-0.2, -0.15) is 13.2 Å². The second kappa shape index (κ2) is 21.6. The van der Waals surface area contributed by atoms with Gasteiger partial charge < -0.3 is 56.3 Å². The number of carbonyl (C=O) groups excluding carboxylic acids is 2. The molecule has 0 spiro atoms. The van der Waals surface area contributed by atoms with Gasteiger partial charge in [0.2, 0.25) is 5.91 Å². The second-order valence-electron chi connectivity index (χ2n) is 14.0. The lowest BCUT2D eigenvalue weighted by Gasteiger charge is -2.47. The van der Waals surface area contributed by atoms with Gasteiger partial charge in [0.05, 0.1) is 31.4 Å². The topological polar surface area (TPSA) is 217 Å². The van der Waals surface area contributed by atoms with Gasteiger partial charge >= 0.3 is 6.18 Å². The summed E-state index contributed by atoms with van der Waals surface area (Å²) in [6.07, 6.45) is -5.83. The van der Waals surface area contributed by atoms with Crippen LogP contribution in [0.1, 0.15) is 80.6 Å². The van der Waals surface area contributed by atoms with Crippen LogP contribution in [0.2, 0.25) is 0 Å². The minimum atomic E-state index is -4.76. The highest BCUT2D eigenvalue weighted by Gasteiger charge is 2.50. The van der Waals surface area contributed by atoms with Crippen LogP contribution in [0.5, 0.6) is 0 Å². The number of benzene rings is 2. The molecular formula is C38H53F4N5O9. The summed E-state index contributed by atoms with van der Waals surface area (Å²) in [6.45, 7) is 0.497. The molecule has 0 saturated carbocycles. The summed E-state index contributed by atoms with van der Waals surface area (Å²) in [5.41, 5.74) is 5.07. The van der Waals surface area contributed by atoms with Gasteiger partial charge in [-0.25, -0.2) is 9.38 Å². The minimum Gasteiger partial charge on any atom is -0.394 e. The van der Waals surface area contributed by atoms with Gasteiger partial charge in [0.1, 0.15) is 48.4 Å². The van der Waals surface area contributed by atoms with Gasteiger partial charge in [0.25, 0.3) is 5.91 Å². The van der Waals surface area contributed by atoms with Crippen LogP contribution < -0.4 is 21.7 Å². The number of unbranched alkanes of at least 4 members (excludes halogenated alkanes) is 7. The first-order valence-electron chi connectivity index (χ1n) is 18.9. The number of halogens is 4. The smallest absolute Gasteiger partial charge is 0.394 e. The monoisotopic (exact) mass is 799 g/mol. The Bertz CT molecular complexity index is 1570. The summed E-state index contributed by atoms with van der Waals surface area (Å²) in [5, 5.41) is 50.3. The Morgan fingerprint density at radius 3 is 2.21 bits per heavy atom. The van der Waals surface area contributed by atoms with Crippen LogP contribution >= 0.6 is 0 Å². The van der Waals surface area contributed by atoms with Crippen LogP contribution in [0, 0.1) is 5.82 Å². The van der Waals surface area contributed by atoms with Crippen molar-refractivity contribution >= 4 is 23.5 Å². The highest BCUT2D eigenvalue weighted by atomic mass is 19.4. The number of ether oxygens (including phenoxy) is 3. The standard InChI is InChI=1S/C38H53F4N5O9/c1-2-3-4-5-6-7-8-9-13-29(50)46-30-27(19-48)54-21-26(45-37(43)44-25-16-14-24(39)15-17-25)34(30)56-36-31(33(52)32(51)28(20-49)55-36)47-35(53)22-11-10-12-23(18-22)38(40,41)42/h10-12,14-18,26-28,30-34,36,48-49,51-52H,2-9,13,19-21H2,1H3,(H,46,50)(H,47,53)(H3,43,44,45)/t26-,27+,28+,30-,31+,32+,33+,34+,36-/m0/s1. The third-order valence-electron chi connectivity index (χ3n) is 9.72. The van der Waals surface area contributed by atoms with Crippen LogP contribution in [-0.2, 0) is 25.2 Å². The van der Waals surface area contributed by atoms with Gasteiger partial charge in [0, 0.05) is 17.7 Å². The first-order valence-corrected chi connectivity index (χ1v) is 18.9. The Morgan fingerprint density at radius 1 is 0.911 bits per heavy atom. The van der Waals surface area contributed by atoms with Crippen LogP contribution in [-0.4, -0.2) is 113 Å². The molecule has 4 rings (SSSR count). The van der Waals surface area contributed by atoms with Crippen LogP contribution in [0.4, 0.5) is 23.2 Å². The Labute approximate surface area is 322 Å². The first-order chi connectivity index (χ1) is 26.7. The predicted molar refractivity (Wildman–Crippen MR) is 197 cm³/mol. The fourth-order valence-electron chi connectivity index (χ4n) is 6.65. The average molecular weight is 800 g/mol. The zero-order valence-electron chi connectivity index (χ0n) is 31.2. The molecule has 2 heterocycles. The van der Waals surface area contributed by atoms with Crippen molar-refractivity contribution < 1.29 is 61.8 Å². The van der Waals surface area contributed by atoms with E-state index in [0.717, 1.165) is 56.7 Å². The van der Waals surface area contributed by atoms with Crippen molar-refractivity contribution in [3.63, 3.8) is 0 Å². The number of aliphatic imine (C=N–C) groups is 1. The fourth-order valence-corrected chi connectivity index (χ4v) is 6.65. The van der Waals surface area contributed by atoms with Gasteiger partial charge in [-0.15, -0.1) is 0 Å². The molecule has 9 atom stereocenters. The van der Waals surface area contributed by atoms with E-state index in [-0.39, 0.29) is 19.0 Å². The molecule has 2 fully saturated rings. The van der Waals surface area contributed by atoms with E-state index in [1.165, 1.54) is 30.7 Å². The van der Waals surface area contributed by atoms with Crippen molar-refractivity contribution in [1.29, 1.82) is 0 Å². The molecule has 0 bridgehead atoms. The number of hydrogen-bond acceptors (Lipinski definition) is 10. The van der Waals surface area contributed by atoms with Crippen molar-refractivity contribution in [2.75, 3.05) is 25.1 Å². The summed E-state index contributed by atoms with van der Waals surface area (Å²) in [4.78, 5) is 31.2. The number of anilines is 1. The molecule has 0 aromatic heterocycles. The van der Waals surface area contributed by atoms with E-state index < -0.39 is 103 Å². The van der Waals surface area contributed by atoms with E-state index in [1.54, 1.807) is 0 Å². The third kappa shape index (κ3) is 12.8. The molecule has 2 aromatic carbocycles. The molecule has 0 unspecified atom stereocenters. The lowest BCUT2D eigenvalue weighted by atomic mass is 9.93. The maximum absolute atomic E-state index is 13.5. The molecule has 2 saturated heterocycles. The van der Waals surface area contributed by atoms with E-state index in [0.29, 0.717) is 18.2 Å². The van der Waals surface area contributed by atoms with Crippen molar-refractivity contribution in [3.8, 4) is 0 Å². The fraction of sp³-hybridized carbons (Fsp3) is 0.605. The third-order valence-corrected chi connectivity index (χ3v) is 9.72. The highest BCUT2D eigenvalue weighted by molar-refractivity contribution is 5.94. The molecule has 0 radical (unpaired) electrons. The van der Waals surface area contributed by atoms with Crippen molar-refractivity contribution in [1.82, 2.24) is 10.6 Å². The van der Waals surface area contributed by atoms with E-state index in [4.69, 9.17) is 19.9 Å². The number of rotatable bonds is 18. The van der Waals surface area contributed by atoms with Crippen LogP contribution in [0.25, 0.3) is 0 Å². The Morgan fingerprint density at radius 2 is 1.57 bits per heavy atom. The van der Waals surface area contributed by atoms with E-state index in [1.807, 2.05) is 0 Å². The average Bonchev–Trinajstić information content (AvgIpc) is 3.17. The van der Waals surface area contributed by atoms with Crippen molar-refractivity contribution in [2.45, 2.75) is 126 Å². The van der Waals surface area contributed by atoms with E-state index >= 15 is 0 Å². The Balaban J connectivity index is 1.62. The molecular weight excluding hydrogens is 746 g/mol. The van der Waals surface area contributed by atoms with Gasteiger partial charge in [-0.1, -0.05) is 57.9 Å². The quantitative estimate of drug-likeness (QED) is 0.0475. The molecule has 2 amide bonds. The largest absolute Gasteiger partial charge is 0.416 e. The molecule has 18 heteroatoms. The summed E-state index contributed by atoms with van der Waals surface area (Å²) in [6, 6.07) is 4.86. The predicted octanol–water partition coefficient (Wildman–Crippen LogP) is 2.97. The Kier molecular flexibility index (Phi) is 17.3. The number of nitrogens with one attached hydrogen (secondary N) is 3. The second-order valence-corrected chi connectivity index (χ2v) is 14.0. The number of guanidine groups is 1. The molecule has 14 nitrogen and oxygen atoms in total. The SMILES string of the molecule is CCCCCCCCCCC(=O)N[C@@H]1[C@H](O[C@@H]2O[C@H](CO)[C@@H](O)[C@H](O)[C@H]2NC(=O)c2cccc(C(F)(F)F)c2)[C@@H](N=C(N)Nc2ccc(F)cc2)CO[C@@H]1CO. The number of alkyl halides is 3. The summed E-state index contributed by atoms with van der Waals surface area (Å²) >= 11 is 0. The molecule has 0 aliphatic carbocycles.